The number of hydrogen-bond acceptors (Lipinski definition) is 2. The van der Waals surface area contributed by atoms with Crippen molar-refractivity contribution in [1.29, 1.82) is 0 Å². The van der Waals surface area contributed by atoms with Crippen LogP contribution in [0.15, 0.2) is 0 Å². The predicted molar refractivity (Wildman–Crippen MR) is 64.2 cm³/mol. The third-order valence-electron chi connectivity index (χ3n) is 3.03. The molecule has 0 spiro atoms. The van der Waals surface area contributed by atoms with Crippen LogP contribution < -0.4 is 5.32 Å². The van der Waals surface area contributed by atoms with Gasteiger partial charge in [-0.1, -0.05) is 29.8 Å². The van der Waals surface area contributed by atoms with Crippen molar-refractivity contribution in [1.82, 2.24) is 5.32 Å². The summed E-state index contributed by atoms with van der Waals surface area (Å²) in [5, 5.41) is 3.00. The zero-order valence-electron chi connectivity index (χ0n) is 9.51. The van der Waals surface area contributed by atoms with E-state index < -0.39 is 0 Å². The topological polar surface area (TPSA) is 38.3 Å². The summed E-state index contributed by atoms with van der Waals surface area (Å²) >= 11 is 3.35. The molecule has 0 radical (unpaired) electrons. The molecule has 0 aromatic rings. The maximum absolute atomic E-state index is 11.6. The van der Waals surface area contributed by atoms with E-state index in [-0.39, 0.29) is 16.1 Å². The van der Waals surface area contributed by atoms with E-state index in [1.54, 1.807) is 0 Å². The molecule has 1 aliphatic rings. The van der Waals surface area contributed by atoms with Crippen molar-refractivity contribution in [3.05, 3.63) is 0 Å². The molecule has 0 bridgehead atoms. The molecule has 0 saturated carbocycles. The first-order chi connectivity index (χ1) is 7.07. The molecule has 0 aliphatic carbocycles. The number of ether oxygens (including phenoxy) is 1. The van der Waals surface area contributed by atoms with Crippen molar-refractivity contribution in [3.63, 3.8) is 0 Å². The molecule has 1 N–H and O–H groups in total. The van der Waals surface area contributed by atoms with Gasteiger partial charge in [0.15, 0.2) is 0 Å². The van der Waals surface area contributed by atoms with Gasteiger partial charge < -0.3 is 10.1 Å². The number of amides is 1. The van der Waals surface area contributed by atoms with Gasteiger partial charge in [0.2, 0.25) is 5.91 Å². The molecule has 1 amide bonds. The molecular formula is C11H20BrNO2. The summed E-state index contributed by atoms with van der Waals surface area (Å²) in [6, 6.07) is 0. The van der Waals surface area contributed by atoms with Gasteiger partial charge >= 0.3 is 0 Å². The van der Waals surface area contributed by atoms with E-state index in [2.05, 4.69) is 28.2 Å². The van der Waals surface area contributed by atoms with Crippen molar-refractivity contribution >= 4 is 21.8 Å². The molecule has 1 heterocycles. The Morgan fingerprint density at radius 3 is 2.67 bits per heavy atom. The first kappa shape index (κ1) is 13.0. The minimum atomic E-state index is -0.0547. The predicted octanol–water partition coefficient (Wildman–Crippen LogP) is 2.09. The Bertz CT molecular complexity index is 215. The maximum atomic E-state index is 11.6. The number of hydrogen-bond donors (Lipinski definition) is 1. The Morgan fingerprint density at radius 1 is 1.53 bits per heavy atom. The summed E-state index contributed by atoms with van der Waals surface area (Å²) in [6.07, 6.45) is 2.89. The fourth-order valence-electron chi connectivity index (χ4n) is 1.64. The lowest BCUT2D eigenvalue weighted by Crippen LogP contribution is -2.41. The van der Waals surface area contributed by atoms with E-state index in [0.29, 0.717) is 0 Å². The van der Waals surface area contributed by atoms with Crippen LogP contribution in [0.25, 0.3) is 0 Å². The van der Waals surface area contributed by atoms with Gasteiger partial charge in [0.05, 0.1) is 4.83 Å². The molecule has 0 aromatic carbocycles. The van der Waals surface area contributed by atoms with Crippen molar-refractivity contribution in [2.45, 2.75) is 37.9 Å². The van der Waals surface area contributed by atoms with Crippen LogP contribution in [0, 0.1) is 5.41 Å². The highest BCUT2D eigenvalue weighted by atomic mass is 79.9. The van der Waals surface area contributed by atoms with Gasteiger partial charge in [0, 0.05) is 19.8 Å². The van der Waals surface area contributed by atoms with E-state index in [0.717, 1.165) is 39.0 Å². The van der Waals surface area contributed by atoms with E-state index in [1.807, 2.05) is 6.92 Å². The number of halogens is 1. The molecule has 1 aliphatic heterocycles. The van der Waals surface area contributed by atoms with Crippen molar-refractivity contribution in [2.75, 3.05) is 19.8 Å². The lowest BCUT2D eigenvalue weighted by molar-refractivity contribution is -0.121. The van der Waals surface area contributed by atoms with Crippen LogP contribution in [-0.4, -0.2) is 30.5 Å². The van der Waals surface area contributed by atoms with Crippen LogP contribution in [0.5, 0.6) is 0 Å². The Balaban J connectivity index is 2.31. The quantitative estimate of drug-likeness (QED) is 0.800. The molecule has 1 saturated heterocycles. The van der Waals surface area contributed by atoms with E-state index in [4.69, 9.17) is 4.74 Å². The number of alkyl halides is 1. The summed E-state index contributed by atoms with van der Waals surface area (Å²) in [5.74, 6) is 0.102. The van der Waals surface area contributed by atoms with E-state index in [1.165, 1.54) is 0 Å². The van der Waals surface area contributed by atoms with Gasteiger partial charge in [0.25, 0.3) is 0 Å². The van der Waals surface area contributed by atoms with Crippen molar-refractivity contribution < 1.29 is 9.53 Å². The molecule has 1 fully saturated rings. The Hall–Kier alpha value is -0.0900. The van der Waals surface area contributed by atoms with Crippen molar-refractivity contribution in [3.8, 4) is 0 Å². The van der Waals surface area contributed by atoms with Gasteiger partial charge in [-0.05, 0) is 24.7 Å². The van der Waals surface area contributed by atoms with Gasteiger partial charge in [-0.15, -0.1) is 0 Å². The second kappa shape index (κ2) is 5.85. The largest absolute Gasteiger partial charge is 0.381 e. The fourth-order valence-corrected chi connectivity index (χ4v) is 1.80. The average Bonchev–Trinajstić information content (AvgIpc) is 2.26. The van der Waals surface area contributed by atoms with Crippen LogP contribution in [0.2, 0.25) is 0 Å². The summed E-state index contributed by atoms with van der Waals surface area (Å²) in [4.78, 5) is 11.5. The number of nitrogens with one attached hydrogen (secondary N) is 1. The highest BCUT2D eigenvalue weighted by molar-refractivity contribution is 9.10. The second-order valence-corrected chi connectivity index (χ2v) is 5.62. The molecule has 4 heteroatoms. The SMILES string of the molecule is CCC(Br)C(=O)NCC1(C)CCOCC1. The summed E-state index contributed by atoms with van der Waals surface area (Å²) in [5.41, 5.74) is 0.217. The van der Waals surface area contributed by atoms with E-state index in [9.17, 15) is 4.79 Å². The van der Waals surface area contributed by atoms with Gasteiger partial charge in [-0.3, -0.25) is 4.79 Å². The molecular weight excluding hydrogens is 258 g/mol. The third kappa shape index (κ3) is 4.11. The third-order valence-corrected chi connectivity index (χ3v) is 4.10. The normalized spacial score (nSPS) is 22.1. The molecule has 3 nitrogen and oxygen atoms in total. The monoisotopic (exact) mass is 277 g/mol. The van der Waals surface area contributed by atoms with Crippen LogP contribution in [0.3, 0.4) is 0 Å². The summed E-state index contributed by atoms with van der Waals surface area (Å²) < 4.78 is 5.32. The lowest BCUT2D eigenvalue weighted by Gasteiger charge is -2.33. The van der Waals surface area contributed by atoms with Crippen LogP contribution in [-0.2, 0) is 9.53 Å². The highest BCUT2D eigenvalue weighted by Crippen LogP contribution is 2.28. The summed E-state index contributed by atoms with van der Waals surface area (Å²) in [7, 11) is 0. The molecule has 0 aromatic heterocycles. The highest BCUT2D eigenvalue weighted by Gasteiger charge is 2.28. The van der Waals surface area contributed by atoms with Crippen LogP contribution in [0.1, 0.15) is 33.1 Å². The molecule has 15 heavy (non-hydrogen) atoms. The molecule has 1 atom stereocenters. The smallest absolute Gasteiger partial charge is 0.233 e. The Kier molecular flexibility index (Phi) is 5.06. The van der Waals surface area contributed by atoms with Crippen LogP contribution in [0.4, 0.5) is 0 Å². The standard InChI is InChI=1S/C11H20BrNO2/c1-3-9(12)10(14)13-8-11(2)4-6-15-7-5-11/h9H,3-8H2,1-2H3,(H,13,14). The molecule has 88 valence electrons. The number of rotatable bonds is 4. The zero-order valence-corrected chi connectivity index (χ0v) is 11.1. The maximum Gasteiger partial charge on any atom is 0.233 e. The van der Waals surface area contributed by atoms with E-state index >= 15 is 0 Å². The first-order valence-electron chi connectivity index (χ1n) is 5.57. The number of carbonyl (C=O) groups excluding carboxylic acids is 1. The van der Waals surface area contributed by atoms with Gasteiger partial charge in [0.1, 0.15) is 0 Å². The Labute approximate surface area is 100 Å². The first-order valence-corrected chi connectivity index (χ1v) is 6.48. The molecule has 1 unspecified atom stereocenters. The zero-order chi connectivity index (χ0) is 11.3. The Morgan fingerprint density at radius 2 is 2.13 bits per heavy atom. The van der Waals surface area contributed by atoms with Gasteiger partial charge in [-0.2, -0.15) is 0 Å². The average molecular weight is 278 g/mol. The van der Waals surface area contributed by atoms with Crippen molar-refractivity contribution in [2.24, 2.45) is 5.41 Å². The second-order valence-electron chi connectivity index (χ2n) is 4.52. The van der Waals surface area contributed by atoms with Gasteiger partial charge in [-0.25, -0.2) is 0 Å². The van der Waals surface area contributed by atoms with Crippen LogP contribution >= 0.6 is 15.9 Å². The molecule has 1 rings (SSSR count). The minimum absolute atomic E-state index is 0.0547. The fraction of sp³-hybridized carbons (Fsp3) is 0.909. The number of carbonyl (C=O) groups is 1. The lowest BCUT2D eigenvalue weighted by atomic mass is 9.82. The summed E-state index contributed by atoms with van der Waals surface area (Å²) in [6.45, 7) is 6.60. The minimum Gasteiger partial charge on any atom is -0.381 e.